The Labute approximate surface area is 104 Å². The van der Waals surface area contributed by atoms with Crippen LogP contribution >= 0.6 is 0 Å². The highest BCUT2D eigenvalue weighted by atomic mass is 16.5. The molecule has 100 valence electrons. The molecule has 17 heavy (non-hydrogen) atoms. The van der Waals surface area contributed by atoms with Crippen LogP contribution in [0.15, 0.2) is 0 Å². The third-order valence-electron chi connectivity index (χ3n) is 3.51. The van der Waals surface area contributed by atoms with E-state index in [0.717, 1.165) is 51.9 Å². The van der Waals surface area contributed by atoms with Gasteiger partial charge < -0.3 is 15.4 Å². The largest absolute Gasteiger partial charge is 0.381 e. The van der Waals surface area contributed by atoms with Crippen LogP contribution < -0.4 is 5.73 Å². The maximum Gasteiger partial charge on any atom is 0.239 e. The van der Waals surface area contributed by atoms with E-state index in [1.807, 2.05) is 7.05 Å². The lowest BCUT2D eigenvalue weighted by molar-refractivity contribution is -0.131. The lowest BCUT2D eigenvalue weighted by Crippen LogP contribution is -2.42. The smallest absolute Gasteiger partial charge is 0.239 e. The number of rotatable bonds is 6. The lowest BCUT2D eigenvalue weighted by Gasteiger charge is -2.26. The van der Waals surface area contributed by atoms with Crippen molar-refractivity contribution in [2.24, 2.45) is 11.7 Å². The summed E-state index contributed by atoms with van der Waals surface area (Å²) in [6.07, 6.45) is 5.07. The summed E-state index contributed by atoms with van der Waals surface area (Å²) in [4.78, 5) is 13.7. The minimum absolute atomic E-state index is 0.0823. The maximum absolute atomic E-state index is 11.9. The second kappa shape index (κ2) is 7.67. The zero-order valence-electron chi connectivity index (χ0n) is 11.2. The molecule has 1 aliphatic heterocycles. The molecular weight excluding hydrogens is 216 g/mol. The predicted molar refractivity (Wildman–Crippen MR) is 68.7 cm³/mol. The van der Waals surface area contributed by atoms with Gasteiger partial charge in [0.05, 0.1) is 6.04 Å². The van der Waals surface area contributed by atoms with Crippen molar-refractivity contribution in [3.8, 4) is 0 Å². The monoisotopic (exact) mass is 242 g/mol. The highest BCUT2D eigenvalue weighted by Crippen LogP contribution is 2.18. The molecule has 2 N–H and O–H groups in total. The number of carbonyl (C=O) groups excluding carboxylic acids is 1. The van der Waals surface area contributed by atoms with Crippen molar-refractivity contribution >= 4 is 5.91 Å². The summed E-state index contributed by atoms with van der Waals surface area (Å²) >= 11 is 0. The van der Waals surface area contributed by atoms with Gasteiger partial charge in [-0.2, -0.15) is 0 Å². The van der Waals surface area contributed by atoms with Gasteiger partial charge in [-0.15, -0.1) is 0 Å². The first kappa shape index (κ1) is 14.5. The van der Waals surface area contributed by atoms with Gasteiger partial charge in [0.15, 0.2) is 0 Å². The van der Waals surface area contributed by atoms with Crippen LogP contribution in [0.25, 0.3) is 0 Å². The van der Waals surface area contributed by atoms with Crippen LogP contribution in [0.1, 0.15) is 39.0 Å². The zero-order valence-corrected chi connectivity index (χ0v) is 11.2. The minimum atomic E-state index is -0.320. The van der Waals surface area contributed by atoms with E-state index in [9.17, 15) is 4.79 Å². The average molecular weight is 242 g/mol. The van der Waals surface area contributed by atoms with Crippen LogP contribution in [0.4, 0.5) is 0 Å². The van der Waals surface area contributed by atoms with E-state index in [0.29, 0.717) is 5.92 Å². The van der Waals surface area contributed by atoms with Gasteiger partial charge in [0.1, 0.15) is 0 Å². The number of hydrogen-bond donors (Lipinski definition) is 1. The van der Waals surface area contributed by atoms with Crippen molar-refractivity contribution in [1.82, 2.24) is 4.90 Å². The van der Waals surface area contributed by atoms with Crippen LogP contribution in [0.5, 0.6) is 0 Å². The Kier molecular flexibility index (Phi) is 6.52. The van der Waals surface area contributed by atoms with Gasteiger partial charge in [0.2, 0.25) is 5.91 Å². The first-order valence-electron chi connectivity index (χ1n) is 6.73. The number of nitrogens with zero attached hydrogens (tertiary/aromatic N) is 1. The van der Waals surface area contributed by atoms with E-state index in [4.69, 9.17) is 10.5 Å². The topological polar surface area (TPSA) is 55.6 Å². The summed E-state index contributed by atoms with van der Waals surface area (Å²) in [7, 11) is 1.86. The molecule has 1 saturated heterocycles. The summed E-state index contributed by atoms with van der Waals surface area (Å²) in [6.45, 7) is 4.62. The Morgan fingerprint density at radius 3 is 2.71 bits per heavy atom. The van der Waals surface area contributed by atoms with Crippen molar-refractivity contribution in [3.05, 3.63) is 0 Å². The van der Waals surface area contributed by atoms with Crippen LogP contribution in [-0.4, -0.2) is 43.7 Å². The van der Waals surface area contributed by atoms with E-state index in [2.05, 4.69) is 6.92 Å². The number of likely N-dealkylation sites (N-methyl/N-ethyl adjacent to an activating group) is 1. The van der Waals surface area contributed by atoms with Crippen molar-refractivity contribution < 1.29 is 9.53 Å². The molecule has 1 heterocycles. The summed E-state index contributed by atoms with van der Waals surface area (Å²) in [5, 5.41) is 0. The van der Waals surface area contributed by atoms with Crippen LogP contribution in [0, 0.1) is 5.92 Å². The molecule has 1 atom stereocenters. The summed E-state index contributed by atoms with van der Waals surface area (Å²) in [5.74, 6) is 0.792. The molecular formula is C13H26N2O2. The summed E-state index contributed by atoms with van der Waals surface area (Å²) < 4.78 is 5.32. The minimum Gasteiger partial charge on any atom is -0.381 e. The summed E-state index contributed by atoms with van der Waals surface area (Å²) in [5.41, 5.74) is 5.83. The molecule has 1 aliphatic rings. The van der Waals surface area contributed by atoms with E-state index in [-0.39, 0.29) is 11.9 Å². The van der Waals surface area contributed by atoms with Crippen molar-refractivity contribution in [2.45, 2.75) is 45.1 Å². The fraction of sp³-hybridized carbons (Fsp3) is 0.923. The molecule has 1 fully saturated rings. The van der Waals surface area contributed by atoms with Crippen LogP contribution in [0.3, 0.4) is 0 Å². The molecule has 0 bridgehead atoms. The molecule has 1 rings (SSSR count). The van der Waals surface area contributed by atoms with E-state index in [1.54, 1.807) is 4.90 Å². The highest BCUT2D eigenvalue weighted by Gasteiger charge is 2.19. The third-order valence-corrected chi connectivity index (χ3v) is 3.51. The molecule has 4 heteroatoms. The molecule has 0 aliphatic carbocycles. The molecule has 0 radical (unpaired) electrons. The first-order chi connectivity index (χ1) is 8.15. The second-order valence-electron chi connectivity index (χ2n) is 5.00. The zero-order chi connectivity index (χ0) is 12.7. The van der Waals surface area contributed by atoms with E-state index < -0.39 is 0 Å². The number of nitrogens with two attached hydrogens (primary N) is 1. The Balaban J connectivity index is 2.23. The Morgan fingerprint density at radius 2 is 2.12 bits per heavy atom. The van der Waals surface area contributed by atoms with E-state index >= 15 is 0 Å². The molecule has 0 aromatic rings. The van der Waals surface area contributed by atoms with E-state index in [1.165, 1.54) is 0 Å². The van der Waals surface area contributed by atoms with Crippen molar-refractivity contribution in [3.63, 3.8) is 0 Å². The molecule has 0 aromatic carbocycles. The highest BCUT2D eigenvalue weighted by molar-refractivity contribution is 5.81. The first-order valence-corrected chi connectivity index (χ1v) is 6.73. The van der Waals surface area contributed by atoms with Gasteiger partial charge >= 0.3 is 0 Å². The summed E-state index contributed by atoms with van der Waals surface area (Å²) in [6, 6.07) is -0.320. The second-order valence-corrected chi connectivity index (χ2v) is 5.00. The Morgan fingerprint density at radius 1 is 1.47 bits per heavy atom. The maximum atomic E-state index is 11.9. The molecule has 1 unspecified atom stereocenters. The molecule has 1 amide bonds. The normalized spacial score (nSPS) is 19.0. The predicted octanol–water partition coefficient (Wildman–Crippen LogP) is 1.39. The van der Waals surface area contributed by atoms with Gasteiger partial charge in [0, 0.05) is 26.8 Å². The van der Waals surface area contributed by atoms with Crippen LogP contribution in [0.2, 0.25) is 0 Å². The Bertz CT molecular complexity index is 227. The average Bonchev–Trinajstić information content (AvgIpc) is 2.36. The number of ether oxygens (including phenoxy) is 1. The lowest BCUT2D eigenvalue weighted by atomic mass is 9.96. The van der Waals surface area contributed by atoms with Gasteiger partial charge in [-0.3, -0.25) is 4.79 Å². The standard InChI is InChI=1S/C13H26N2O2/c1-3-4-12(14)13(16)15(2)8-5-11-6-9-17-10-7-11/h11-12H,3-10,14H2,1-2H3. The van der Waals surface area contributed by atoms with Gasteiger partial charge in [-0.25, -0.2) is 0 Å². The third kappa shape index (κ3) is 5.04. The molecule has 0 aromatic heterocycles. The fourth-order valence-corrected chi connectivity index (χ4v) is 2.24. The number of amides is 1. The van der Waals surface area contributed by atoms with Crippen molar-refractivity contribution in [2.75, 3.05) is 26.8 Å². The quantitative estimate of drug-likeness (QED) is 0.765. The molecule has 0 spiro atoms. The van der Waals surface area contributed by atoms with Crippen LogP contribution in [-0.2, 0) is 9.53 Å². The molecule has 0 saturated carbocycles. The number of hydrogen-bond acceptors (Lipinski definition) is 3. The fourth-order valence-electron chi connectivity index (χ4n) is 2.24. The van der Waals surface area contributed by atoms with Crippen molar-refractivity contribution in [1.29, 1.82) is 0 Å². The number of carbonyl (C=O) groups is 1. The van der Waals surface area contributed by atoms with Gasteiger partial charge in [0.25, 0.3) is 0 Å². The molecule has 4 nitrogen and oxygen atoms in total. The SMILES string of the molecule is CCCC(N)C(=O)N(C)CCC1CCOCC1. The van der Waals surface area contributed by atoms with Gasteiger partial charge in [-0.1, -0.05) is 13.3 Å². The Hall–Kier alpha value is -0.610. The van der Waals surface area contributed by atoms with Gasteiger partial charge in [-0.05, 0) is 31.6 Å².